The average molecular weight is 1750 g/mol. The van der Waals surface area contributed by atoms with Crippen LogP contribution in [0.5, 0.6) is 0 Å². The molecule has 0 bridgehead atoms. The summed E-state index contributed by atoms with van der Waals surface area (Å²) in [7, 11) is -17.8. The molecule has 6 amide bonds. The van der Waals surface area contributed by atoms with Gasteiger partial charge in [0.05, 0.1) is 58.5 Å². The maximum absolute atomic E-state index is 12.5. The number of nitrogens with zero attached hydrogens (tertiary/aromatic N) is 5. The molecule has 3 N–H and O–H groups in total. The van der Waals surface area contributed by atoms with Crippen LogP contribution in [0, 0.1) is 54.1 Å². The fourth-order valence-corrected chi connectivity index (χ4v) is 21.5. The van der Waals surface area contributed by atoms with Gasteiger partial charge in [-0.15, -0.1) is 0 Å². The van der Waals surface area contributed by atoms with Gasteiger partial charge in [-0.1, -0.05) is 180 Å². The van der Waals surface area contributed by atoms with Gasteiger partial charge in [0.1, 0.15) is 19.7 Å². The molecule has 0 unspecified atom stereocenters. The summed E-state index contributed by atoms with van der Waals surface area (Å²) in [6.07, 6.45) is 16.2. The van der Waals surface area contributed by atoms with Crippen molar-refractivity contribution in [1.29, 1.82) is 0 Å². The summed E-state index contributed by atoms with van der Waals surface area (Å²) >= 11 is 0. The molecule has 6 fully saturated rings. The van der Waals surface area contributed by atoms with Crippen molar-refractivity contribution >= 4 is 94.8 Å². The molecule has 32 heteroatoms. The van der Waals surface area contributed by atoms with E-state index in [2.05, 4.69) is 141 Å². The normalized spacial score (nSPS) is 20.1. The van der Waals surface area contributed by atoms with Gasteiger partial charge in [0.2, 0.25) is 55.5 Å². The van der Waals surface area contributed by atoms with Crippen molar-refractivity contribution < 1.29 is 79.3 Å². The van der Waals surface area contributed by atoms with E-state index in [1.165, 1.54) is 21.1 Å². The van der Waals surface area contributed by atoms with Crippen LogP contribution < -0.4 is 16.0 Å². The Hall–Kier alpha value is -3.56. The third-order valence-electron chi connectivity index (χ3n) is 21.4. The minimum absolute atomic E-state index is 0.00951. The predicted octanol–water partition coefficient (Wildman–Crippen LogP) is 11.5. The molecule has 0 aliphatic carbocycles. The highest BCUT2D eigenvalue weighted by atomic mass is 32.2. The van der Waals surface area contributed by atoms with Gasteiger partial charge in [-0.2, -0.15) is 4.31 Å². The summed E-state index contributed by atoms with van der Waals surface area (Å²) in [5, 5.41) is 9.14. The lowest BCUT2D eigenvalue weighted by atomic mass is 9.75. The second-order valence-corrected chi connectivity index (χ2v) is 56.4. The summed E-state index contributed by atoms with van der Waals surface area (Å²) in [6.45, 7) is 58.8. The van der Waals surface area contributed by atoms with E-state index in [9.17, 15) is 79.3 Å². The van der Waals surface area contributed by atoms with Gasteiger partial charge in [0, 0.05) is 118 Å². The van der Waals surface area contributed by atoms with Gasteiger partial charge in [-0.05, 0) is 135 Å². The number of amides is 6. The summed E-state index contributed by atoms with van der Waals surface area (Å²) in [5.41, 5.74) is -0.504. The second kappa shape index (κ2) is 44.0. The number of nitrogens with one attached hydrogen (secondary N) is 3. The van der Waals surface area contributed by atoms with Crippen LogP contribution in [0.25, 0.3) is 0 Å². The minimum atomic E-state index is -3.12. The summed E-state index contributed by atoms with van der Waals surface area (Å²) < 4.78 is 139. The van der Waals surface area contributed by atoms with Crippen LogP contribution in [0.3, 0.4) is 0 Å². The highest BCUT2D eigenvalue weighted by Gasteiger charge is 2.40. The lowest BCUT2D eigenvalue weighted by Crippen LogP contribution is -2.50. The molecule has 6 rings (SSSR count). The van der Waals surface area contributed by atoms with Gasteiger partial charge in [0.15, 0.2) is 19.7 Å². The first-order valence-corrected chi connectivity index (χ1v) is 52.8. The summed E-state index contributed by atoms with van der Waals surface area (Å²) in [6, 6.07) is 0.102. The zero-order chi connectivity index (χ0) is 89.7. The van der Waals surface area contributed by atoms with Crippen LogP contribution in [0.4, 0.5) is 0 Å². The summed E-state index contributed by atoms with van der Waals surface area (Å²) in [4.78, 5) is 78.6. The maximum Gasteiger partial charge on any atom is 0.228 e. The first-order chi connectivity index (χ1) is 51.4. The molecule has 6 saturated heterocycles. The SMILES string of the molecule is CC(C)(C)CC(C)(C)C(=O)NC1CCN(S(C)(=O)=O)CC1.CC(C)(C)CC(C)(C)C(=O)NC1CCS(=O)(=O)CC1.CC(C)(C)CCC(C)(C)C(=O)N1CCS(=O)(=O)CC1.CC(C)(C)CCC(C)(C)C(=O)NC1CCS(=O)(=O)CC1.CC(C)(C)CCCC(=O)N1CCN(S(C)(=O)=O)CC1.CC(C)(C)CCCC(=O)N1CCS(=O)(=O)CC1. The first-order valence-electron chi connectivity index (χ1n) is 41.9. The number of hydrogen-bond acceptors (Lipinski definition) is 18. The van der Waals surface area contributed by atoms with Crippen LogP contribution in [0.15, 0.2) is 0 Å². The second-order valence-electron chi connectivity index (χ2n) is 43.2. The molecule has 0 atom stereocenters. The quantitative estimate of drug-likeness (QED) is 0.0961. The van der Waals surface area contributed by atoms with Crippen LogP contribution in [0.2, 0.25) is 0 Å². The van der Waals surface area contributed by atoms with Crippen molar-refractivity contribution in [3.05, 3.63) is 0 Å². The Kier molecular flexibility index (Phi) is 41.8. The highest BCUT2D eigenvalue weighted by Crippen LogP contribution is 2.37. The number of sulfonamides is 2. The number of sulfone groups is 4. The number of carbonyl (C=O) groups is 6. The van der Waals surface area contributed by atoms with E-state index >= 15 is 0 Å². The third-order valence-corrected chi connectivity index (χ3v) is 30.7. The fraction of sp³-hybridized carbons (Fsp3) is 0.928. The molecule has 0 aromatic heterocycles. The predicted molar refractivity (Wildman–Crippen MR) is 468 cm³/mol. The van der Waals surface area contributed by atoms with E-state index in [4.69, 9.17) is 0 Å². The largest absolute Gasteiger partial charge is 0.353 e. The zero-order valence-electron chi connectivity index (χ0n) is 76.7. The standard InChI is InChI=1S/C15H30N2O3S.C15H29NO3S.2C14H27NO3S.C13H26N2O3S.C12H23NO3S/c1-14(2,3)11-15(4,5)13(18)16-12-7-9-17(10-8-12)21(6,19)20;1-14(2,3)8-9-15(4,5)13(17)16-12-6-10-20(18,19)11-7-12;1-13(2,3)10-14(4,5)12(16)15-11-6-8-19(17,18)9-7-11;1-13(2,3)6-7-14(4,5)12(16)15-8-10-19(17,18)11-9-15;1-13(2,3)7-5-6-12(16)14-8-10-15(11-9-14)19(4,17)18;1-12(2,3)6-4-5-11(14)13-7-9-17(15,16)10-8-13/h12H,7-11H2,1-6H3,(H,16,18);12H,6-11H2,1-5H3,(H,16,17);11H,6-10H2,1-5H3,(H,15,16);6-11H2,1-5H3;5-11H2,1-4H3;4-10H2,1-3H3. The van der Waals surface area contributed by atoms with E-state index in [-0.39, 0.29) is 132 Å². The maximum atomic E-state index is 12.5. The van der Waals surface area contributed by atoms with Crippen LogP contribution in [0.1, 0.15) is 296 Å². The molecule has 0 aromatic rings. The van der Waals surface area contributed by atoms with Crippen molar-refractivity contribution in [2.24, 2.45) is 54.1 Å². The van der Waals surface area contributed by atoms with Gasteiger partial charge < -0.3 is 30.7 Å². The van der Waals surface area contributed by atoms with Gasteiger partial charge in [0.25, 0.3) is 0 Å². The number of carbonyl (C=O) groups excluding carboxylic acids is 6. The van der Waals surface area contributed by atoms with E-state index in [0.29, 0.717) is 117 Å². The fourth-order valence-electron chi connectivity index (χ4n) is 14.4. The number of piperazine rings is 1. The molecule has 0 aromatic carbocycles. The van der Waals surface area contributed by atoms with Crippen LogP contribution >= 0.6 is 0 Å². The van der Waals surface area contributed by atoms with Crippen molar-refractivity contribution in [2.45, 2.75) is 314 Å². The Morgan fingerprint density at radius 3 is 0.835 bits per heavy atom. The lowest BCUT2D eigenvalue weighted by molar-refractivity contribution is -0.140. The summed E-state index contributed by atoms with van der Waals surface area (Å²) in [5.74, 6) is 1.72. The van der Waals surface area contributed by atoms with Crippen LogP contribution in [-0.4, -0.2) is 251 Å². The van der Waals surface area contributed by atoms with E-state index in [1.54, 1.807) is 14.7 Å². The van der Waals surface area contributed by atoms with E-state index < -0.39 is 81.1 Å². The molecule has 6 aliphatic heterocycles. The molecule has 0 spiro atoms. The van der Waals surface area contributed by atoms with Gasteiger partial charge in [-0.3, -0.25) is 28.8 Å². The smallest absolute Gasteiger partial charge is 0.228 e. The molecule has 26 nitrogen and oxygen atoms in total. The Bertz CT molecular complexity index is 3780. The van der Waals surface area contributed by atoms with Crippen molar-refractivity contribution in [3.8, 4) is 0 Å². The molecule has 6 heterocycles. The molecule has 115 heavy (non-hydrogen) atoms. The topological polar surface area (TPSA) is 360 Å². The number of rotatable bonds is 21. The third kappa shape index (κ3) is 48.0. The average Bonchev–Trinajstić information content (AvgIpc) is 0.829. The van der Waals surface area contributed by atoms with Gasteiger partial charge >= 0.3 is 0 Å². The molecule has 0 saturated carbocycles. The zero-order valence-corrected chi connectivity index (χ0v) is 81.6. The molecular formula is C83H162N8O18S6. The van der Waals surface area contributed by atoms with E-state index in [0.717, 1.165) is 64.2 Å². The molecule has 678 valence electrons. The number of piperidine rings is 1. The van der Waals surface area contributed by atoms with Crippen molar-refractivity contribution in [2.75, 3.05) is 124 Å². The van der Waals surface area contributed by atoms with Crippen LogP contribution in [-0.2, 0) is 88.2 Å². The molecular weight excluding hydrogens is 1590 g/mol. The van der Waals surface area contributed by atoms with Gasteiger partial charge in [-0.25, -0.2) is 54.8 Å². The molecule has 0 radical (unpaired) electrons. The Balaban J connectivity index is 0.000000691. The highest BCUT2D eigenvalue weighted by molar-refractivity contribution is 7.92. The Labute approximate surface area is 700 Å². The lowest BCUT2D eigenvalue weighted by Gasteiger charge is -2.35. The minimum Gasteiger partial charge on any atom is -0.353 e. The monoisotopic (exact) mass is 1750 g/mol. The van der Waals surface area contributed by atoms with E-state index in [1.807, 2.05) is 55.4 Å². The van der Waals surface area contributed by atoms with Crippen molar-refractivity contribution in [3.63, 3.8) is 0 Å². The Morgan fingerprint density at radius 1 is 0.296 bits per heavy atom. The molecule has 6 aliphatic rings. The number of hydrogen-bond donors (Lipinski definition) is 3. The first kappa shape index (κ1) is 109. The Morgan fingerprint density at radius 2 is 0.548 bits per heavy atom. The van der Waals surface area contributed by atoms with Crippen molar-refractivity contribution in [1.82, 2.24) is 39.3 Å².